The molecule has 1 aliphatic heterocycles. The Morgan fingerprint density at radius 1 is 1.40 bits per heavy atom. The number of esters is 1. The van der Waals surface area contributed by atoms with Crippen molar-refractivity contribution in [1.29, 1.82) is 0 Å². The third kappa shape index (κ3) is 3.77. The van der Waals surface area contributed by atoms with Gasteiger partial charge in [-0.05, 0) is 13.5 Å². The van der Waals surface area contributed by atoms with Crippen molar-refractivity contribution in [3.8, 4) is 0 Å². The molecule has 1 N–H and O–H groups in total. The molecule has 0 spiro atoms. The molecule has 1 fully saturated rings. The quantitative estimate of drug-likeness (QED) is 0.652. The summed E-state index contributed by atoms with van der Waals surface area (Å²) in [6.07, 6.45) is 0.749. The first-order chi connectivity index (χ1) is 7.17. The summed E-state index contributed by atoms with van der Waals surface area (Å²) in [4.78, 5) is 13.6. The van der Waals surface area contributed by atoms with Crippen molar-refractivity contribution in [2.45, 2.75) is 19.4 Å². The molecule has 0 bridgehead atoms. The average molecular weight is 215 g/mol. The highest BCUT2D eigenvalue weighted by Gasteiger charge is 2.21. The Balaban J connectivity index is 2.35. The van der Waals surface area contributed by atoms with E-state index in [0.717, 1.165) is 32.6 Å². The van der Waals surface area contributed by atoms with Gasteiger partial charge in [0.05, 0.1) is 7.11 Å². The molecule has 0 aromatic rings. The van der Waals surface area contributed by atoms with E-state index in [1.165, 1.54) is 7.11 Å². The number of ether oxygens (including phenoxy) is 1. The molecule has 0 aromatic carbocycles. The lowest BCUT2D eigenvalue weighted by Gasteiger charge is -2.34. The summed E-state index contributed by atoms with van der Waals surface area (Å²) in [6.45, 7) is 5.94. The zero-order valence-electron chi connectivity index (χ0n) is 9.82. The fourth-order valence-electron chi connectivity index (χ4n) is 1.61. The van der Waals surface area contributed by atoms with Crippen LogP contribution in [0.25, 0.3) is 0 Å². The molecule has 0 saturated carbocycles. The summed E-state index contributed by atoms with van der Waals surface area (Å²) in [7, 11) is 3.53. The highest BCUT2D eigenvalue weighted by Crippen LogP contribution is 2.00. The number of carbonyl (C=O) groups excluding carboxylic acids is 1. The molecule has 0 radical (unpaired) electrons. The van der Waals surface area contributed by atoms with Gasteiger partial charge in [0.1, 0.15) is 6.04 Å². The highest BCUT2D eigenvalue weighted by atomic mass is 16.5. The van der Waals surface area contributed by atoms with Crippen LogP contribution < -0.4 is 5.43 Å². The predicted octanol–water partition coefficient (Wildman–Crippen LogP) is -0.310. The number of nitrogens with zero attached hydrogens (tertiary/aromatic N) is 2. The van der Waals surface area contributed by atoms with Crippen molar-refractivity contribution in [2.75, 3.05) is 40.3 Å². The van der Waals surface area contributed by atoms with Gasteiger partial charge in [-0.1, -0.05) is 6.92 Å². The number of likely N-dealkylation sites (N-methyl/N-ethyl adjacent to an activating group) is 1. The minimum atomic E-state index is -0.210. The summed E-state index contributed by atoms with van der Waals surface area (Å²) in [5.41, 5.74) is 3.21. The zero-order chi connectivity index (χ0) is 11.3. The molecule has 1 heterocycles. The lowest BCUT2D eigenvalue weighted by Crippen LogP contribution is -2.55. The van der Waals surface area contributed by atoms with E-state index in [0.29, 0.717) is 0 Å². The van der Waals surface area contributed by atoms with Crippen LogP contribution in [0, 0.1) is 0 Å². The Morgan fingerprint density at radius 2 is 2.00 bits per heavy atom. The smallest absolute Gasteiger partial charge is 0.324 e. The van der Waals surface area contributed by atoms with Gasteiger partial charge in [0.15, 0.2) is 0 Å². The van der Waals surface area contributed by atoms with Gasteiger partial charge in [-0.2, -0.15) is 0 Å². The van der Waals surface area contributed by atoms with Crippen LogP contribution in [0.5, 0.6) is 0 Å². The Bertz CT molecular complexity index is 203. The summed E-state index contributed by atoms with van der Waals surface area (Å²) < 4.78 is 4.73. The molecule has 1 saturated heterocycles. The van der Waals surface area contributed by atoms with Gasteiger partial charge in [0.25, 0.3) is 0 Å². The molecular formula is C10H21N3O2. The van der Waals surface area contributed by atoms with E-state index in [2.05, 4.69) is 22.4 Å². The van der Waals surface area contributed by atoms with Gasteiger partial charge in [-0.15, -0.1) is 0 Å². The number of hydrogen-bond acceptors (Lipinski definition) is 5. The normalized spacial score (nSPS) is 21.3. The predicted molar refractivity (Wildman–Crippen MR) is 58.3 cm³/mol. The highest BCUT2D eigenvalue weighted by molar-refractivity contribution is 5.75. The van der Waals surface area contributed by atoms with Crippen LogP contribution in [-0.4, -0.2) is 62.3 Å². The molecule has 0 aliphatic carbocycles. The van der Waals surface area contributed by atoms with Crippen LogP contribution in [-0.2, 0) is 9.53 Å². The second kappa shape index (κ2) is 6.05. The largest absolute Gasteiger partial charge is 0.468 e. The fourth-order valence-corrected chi connectivity index (χ4v) is 1.61. The van der Waals surface area contributed by atoms with Gasteiger partial charge in [-0.3, -0.25) is 4.79 Å². The van der Waals surface area contributed by atoms with E-state index in [1.807, 2.05) is 6.92 Å². The molecule has 1 atom stereocenters. The monoisotopic (exact) mass is 215 g/mol. The first-order valence-corrected chi connectivity index (χ1v) is 5.44. The number of carbonyl (C=O) groups is 1. The van der Waals surface area contributed by atoms with Gasteiger partial charge < -0.3 is 9.64 Å². The van der Waals surface area contributed by atoms with Crippen molar-refractivity contribution >= 4 is 5.97 Å². The Kier molecular flexibility index (Phi) is 5.01. The minimum Gasteiger partial charge on any atom is -0.468 e. The third-order valence-electron chi connectivity index (χ3n) is 2.74. The number of hydrogen-bond donors (Lipinski definition) is 1. The summed E-state index contributed by atoms with van der Waals surface area (Å²) in [5.74, 6) is -0.184. The van der Waals surface area contributed by atoms with E-state index in [4.69, 9.17) is 4.74 Å². The number of rotatable bonds is 4. The first kappa shape index (κ1) is 12.4. The van der Waals surface area contributed by atoms with Gasteiger partial charge >= 0.3 is 5.97 Å². The number of methoxy groups -OCH3 is 1. The van der Waals surface area contributed by atoms with Crippen LogP contribution in [0.4, 0.5) is 0 Å². The van der Waals surface area contributed by atoms with Crippen molar-refractivity contribution in [1.82, 2.24) is 15.3 Å². The van der Waals surface area contributed by atoms with Crippen molar-refractivity contribution in [3.63, 3.8) is 0 Å². The van der Waals surface area contributed by atoms with Crippen LogP contribution in [0.1, 0.15) is 13.3 Å². The van der Waals surface area contributed by atoms with Crippen LogP contribution in [0.15, 0.2) is 0 Å². The molecule has 15 heavy (non-hydrogen) atoms. The lowest BCUT2D eigenvalue weighted by atomic mass is 10.2. The Hall–Kier alpha value is -0.650. The van der Waals surface area contributed by atoms with Crippen molar-refractivity contribution in [3.05, 3.63) is 0 Å². The third-order valence-corrected chi connectivity index (χ3v) is 2.74. The van der Waals surface area contributed by atoms with Gasteiger partial charge in [0, 0.05) is 26.2 Å². The number of piperazine rings is 1. The Morgan fingerprint density at radius 3 is 2.47 bits per heavy atom. The second-order valence-electron chi connectivity index (χ2n) is 3.90. The SMILES string of the molecule is CCC(NN1CCN(C)CC1)C(=O)OC. The Labute approximate surface area is 91.3 Å². The molecule has 0 aromatic heterocycles. The zero-order valence-corrected chi connectivity index (χ0v) is 9.82. The maximum Gasteiger partial charge on any atom is 0.324 e. The first-order valence-electron chi connectivity index (χ1n) is 5.44. The van der Waals surface area contributed by atoms with E-state index in [-0.39, 0.29) is 12.0 Å². The number of hydrazine groups is 1. The molecule has 0 amide bonds. The maximum absolute atomic E-state index is 11.4. The summed E-state index contributed by atoms with van der Waals surface area (Å²) >= 11 is 0. The van der Waals surface area contributed by atoms with Crippen LogP contribution in [0.3, 0.4) is 0 Å². The van der Waals surface area contributed by atoms with E-state index < -0.39 is 0 Å². The molecule has 5 heteroatoms. The molecule has 1 aliphatic rings. The van der Waals surface area contributed by atoms with E-state index in [1.54, 1.807) is 0 Å². The standard InChI is InChI=1S/C10H21N3O2/c1-4-9(10(14)15-3)11-13-7-5-12(2)6-8-13/h9,11H,4-8H2,1-3H3. The topological polar surface area (TPSA) is 44.8 Å². The number of nitrogens with one attached hydrogen (secondary N) is 1. The molecular weight excluding hydrogens is 194 g/mol. The maximum atomic E-state index is 11.4. The second-order valence-corrected chi connectivity index (χ2v) is 3.90. The summed E-state index contributed by atoms with van der Waals surface area (Å²) in [6, 6.07) is -0.210. The van der Waals surface area contributed by atoms with Crippen LogP contribution in [0.2, 0.25) is 0 Å². The van der Waals surface area contributed by atoms with E-state index in [9.17, 15) is 4.79 Å². The average Bonchev–Trinajstić information content (AvgIpc) is 2.27. The van der Waals surface area contributed by atoms with Crippen LogP contribution >= 0.6 is 0 Å². The molecule has 88 valence electrons. The fraction of sp³-hybridized carbons (Fsp3) is 0.900. The van der Waals surface area contributed by atoms with Crippen molar-refractivity contribution in [2.24, 2.45) is 0 Å². The molecule has 1 rings (SSSR count). The van der Waals surface area contributed by atoms with Crippen molar-refractivity contribution < 1.29 is 9.53 Å². The lowest BCUT2D eigenvalue weighted by molar-refractivity contribution is -0.145. The van der Waals surface area contributed by atoms with Gasteiger partial charge in [0.2, 0.25) is 0 Å². The molecule has 5 nitrogen and oxygen atoms in total. The van der Waals surface area contributed by atoms with Gasteiger partial charge in [-0.25, -0.2) is 10.4 Å². The molecule has 1 unspecified atom stereocenters. The minimum absolute atomic E-state index is 0.184. The summed E-state index contributed by atoms with van der Waals surface area (Å²) in [5, 5.41) is 2.10. The van der Waals surface area contributed by atoms with E-state index >= 15 is 0 Å².